The van der Waals surface area contributed by atoms with E-state index >= 15 is 0 Å². The van der Waals surface area contributed by atoms with Gasteiger partial charge in [-0.1, -0.05) is 26.7 Å². The van der Waals surface area contributed by atoms with Gasteiger partial charge in [0.05, 0.1) is 0 Å². The van der Waals surface area contributed by atoms with Crippen LogP contribution in [0.1, 0.15) is 153 Å². The summed E-state index contributed by atoms with van der Waals surface area (Å²) in [5.74, 6) is 0. The first-order valence-corrected chi connectivity index (χ1v) is 45.2. The summed E-state index contributed by atoms with van der Waals surface area (Å²) >= 11 is 3.40. The van der Waals surface area contributed by atoms with Crippen LogP contribution in [0.4, 0.5) is 0 Å². The van der Waals surface area contributed by atoms with Crippen molar-refractivity contribution in [3.8, 4) is 19.8 Å². The molecule has 0 radical (unpaired) electrons. The van der Waals surface area contributed by atoms with Crippen LogP contribution in [-0.4, -0.2) is 46.7 Å². The third kappa shape index (κ3) is 13.5. The molecular formula is C46H72N2S4Sn2. The molecule has 0 aliphatic carbocycles. The van der Waals surface area contributed by atoms with E-state index in [1.165, 1.54) is 170 Å². The quantitative estimate of drug-likeness (QED) is 0.0407. The van der Waals surface area contributed by atoms with Gasteiger partial charge in [-0.2, -0.15) is 0 Å². The number of nitrogens with zero attached hydrogens (tertiary/aromatic N) is 2. The third-order valence-corrected chi connectivity index (χ3v) is 34.8. The summed E-state index contributed by atoms with van der Waals surface area (Å²) in [6, 6.07) is 9.73. The summed E-state index contributed by atoms with van der Waals surface area (Å²) in [5.41, 5.74) is 5.57. The molecule has 4 aromatic heterocycles. The van der Waals surface area contributed by atoms with Gasteiger partial charge in [-0.3, -0.25) is 0 Å². The Balaban J connectivity index is 1.21. The number of aromatic nitrogens is 2. The summed E-state index contributed by atoms with van der Waals surface area (Å²) in [4.78, 5) is 28.9. The van der Waals surface area contributed by atoms with E-state index in [9.17, 15) is 0 Å². The molecule has 0 N–H and O–H groups in total. The van der Waals surface area contributed by atoms with E-state index < -0.39 is 36.8 Å². The number of hydrogen-bond donors (Lipinski definition) is 0. The van der Waals surface area contributed by atoms with Crippen LogP contribution in [0.3, 0.4) is 0 Å². The molecule has 0 saturated carbocycles. The molecule has 4 heterocycles. The molecule has 0 saturated heterocycles. The van der Waals surface area contributed by atoms with Crippen molar-refractivity contribution in [2.24, 2.45) is 0 Å². The van der Waals surface area contributed by atoms with Crippen molar-refractivity contribution in [3.05, 3.63) is 35.4 Å². The Bertz CT molecular complexity index is 1670. The number of rotatable bonds is 26. The molecule has 5 rings (SSSR count). The fraction of sp³-hybridized carbons (Fsp3) is 0.652. The van der Waals surface area contributed by atoms with Crippen LogP contribution in [0.5, 0.6) is 0 Å². The van der Waals surface area contributed by atoms with Crippen LogP contribution in [0, 0.1) is 0 Å². The van der Waals surface area contributed by atoms with Crippen molar-refractivity contribution >= 4 is 108 Å². The molecule has 0 atom stereocenters. The van der Waals surface area contributed by atoms with Gasteiger partial charge in [0.25, 0.3) is 0 Å². The zero-order valence-electron chi connectivity index (χ0n) is 35.4. The Morgan fingerprint density at radius 2 is 0.722 bits per heavy atom. The Hall–Kier alpha value is -0.00260. The maximum absolute atomic E-state index is 5.28. The monoisotopic (exact) mass is 1020 g/mol. The summed E-state index contributed by atoms with van der Waals surface area (Å²) in [6.45, 7) is 4.61. The Labute approximate surface area is 354 Å². The van der Waals surface area contributed by atoms with Crippen LogP contribution in [-0.2, 0) is 12.8 Å². The Morgan fingerprint density at radius 3 is 1.04 bits per heavy atom. The van der Waals surface area contributed by atoms with Gasteiger partial charge in [0.2, 0.25) is 0 Å². The molecule has 8 heteroatoms. The van der Waals surface area contributed by atoms with E-state index in [4.69, 9.17) is 9.97 Å². The molecule has 0 spiro atoms. The number of fused-ring (bicyclic) bond motifs is 2. The van der Waals surface area contributed by atoms with Crippen LogP contribution in [0.25, 0.3) is 40.2 Å². The molecule has 0 aliphatic heterocycles. The molecule has 54 heavy (non-hydrogen) atoms. The Morgan fingerprint density at radius 1 is 0.407 bits per heavy atom. The minimum absolute atomic E-state index is 1.14. The van der Waals surface area contributed by atoms with E-state index in [2.05, 4.69) is 90.4 Å². The van der Waals surface area contributed by atoms with Crippen LogP contribution in [0.15, 0.2) is 24.3 Å². The van der Waals surface area contributed by atoms with Gasteiger partial charge in [-0.25, -0.2) is 0 Å². The normalized spacial score (nSPS) is 12.6. The molecule has 0 fully saturated rings. The van der Waals surface area contributed by atoms with Crippen molar-refractivity contribution in [3.63, 3.8) is 0 Å². The zero-order valence-corrected chi connectivity index (χ0v) is 44.4. The standard InChI is InChI=1S/C40H54N2S4.6CH3.2Sn/c1-3-5-7-9-11-13-15-17-19-21-23-31-25-37(43-29-31)39-41-33-27-36-34(28-35(33)45-39)42-40(46-36)38-26-32(30-44-38)24-22-20-18-16-14-12-10-8-6-4-2;;;;;;;;/h25-28H,3-24H2,1-2H3;6*1H3;;. The number of unbranched alkanes of at least 4 members (excludes halogenated alkanes) is 18. The summed E-state index contributed by atoms with van der Waals surface area (Å²) < 4.78 is 6.06. The van der Waals surface area contributed by atoms with Crippen molar-refractivity contribution in [2.75, 3.05) is 0 Å². The summed E-state index contributed by atoms with van der Waals surface area (Å²) in [5, 5.41) is 2.41. The van der Waals surface area contributed by atoms with Gasteiger partial charge in [0.1, 0.15) is 0 Å². The van der Waals surface area contributed by atoms with E-state index in [1.807, 2.05) is 22.7 Å². The SMILES string of the molecule is CCCCCCCCCCCCc1cc(-c2nc3cc4sc(-c5cc(CCCCCCCCCCCC)[c]([Sn]([CH3])([CH3])[CH3])s5)nc4cc3s2)s[c]1[Sn]([CH3])([CH3])[CH3]. The van der Waals surface area contributed by atoms with Crippen molar-refractivity contribution in [1.82, 2.24) is 9.97 Å². The number of thiazole rings is 2. The molecular weight excluding hydrogens is 946 g/mol. The fourth-order valence-electron chi connectivity index (χ4n) is 7.88. The van der Waals surface area contributed by atoms with Crippen molar-refractivity contribution in [2.45, 2.75) is 185 Å². The second-order valence-corrected chi connectivity index (χ2v) is 52.9. The molecule has 0 aliphatic rings. The summed E-state index contributed by atoms with van der Waals surface area (Å²) in [6.07, 6.45) is 30.5. The van der Waals surface area contributed by atoms with Gasteiger partial charge in [-0.15, -0.1) is 0 Å². The van der Waals surface area contributed by atoms with Crippen molar-refractivity contribution < 1.29 is 0 Å². The van der Waals surface area contributed by atoms with Crippen molar-refractivity contribution in [1.29, 1.82) is 0 Å². The predicted octanol–water partition coefficient (Wildman–Crippen LogP) is 16.4. The van der Waals surface area contributed by atoms with Gasteiger partial charge in [-0.05, 0) is 0 Å². The molecule has 0 unspecified atom stereocenters. The average molecular weight is 1020 g/mol. The van der Waals surface area contributed by atoms with Crippen LogP contribution >= 0.6 is 45.3 Å². The summed E-state index contributed by atoms with van der Waals surface area (Å²) in [7, 11) is 0. The molecule has 0 bridgehead atoms. The molecule has 5 aromatic rings. The van der Waals surface area contributed by atoms with Gasteiger partial charge in [0, 0.05) is 0 Å². The molecule has 298 valence electrons. The number of aryl methyl sites for hydroxylation is 2. The van der Waals surface area contributed by atoms with E-state index in [1.54, 1.807) is 16.9 Å². The predicted molar refractivity (Wildman–Crippen MR) is 256 cm³/mol. The second-order valence-electron chi connectivity index (χ2n) is 18.1. The molecule has 1 aromatic carbocycles. The first-order valence-electron chi connectivity index (χ1n) is 22.0. The van der Waals surface area contributed by atoms with E-state index in [-0.39, 0.29) is 0 Å². The third-order valence-electron chi connectivity index (χ3n) is 10.9. The molecule has 2 nitrogen and oxygen atoms in total. The van der Waals surface area contributed by atoms with E-state index in [0.29, 0.717) is 0 Å². The van der Waals surface area contributed by atoms with Gasteiger partial charge in [0.15, 0.2) is 0 Å². The maximum atomic E-state index is 5.28. The van der Waals surface area contributed by atoms with Crippen LogP contribution in [0.2, 0.25) is 29.6 Å². The number of benzene rings is 1. The van der Waals surface area contributed by atoms with E-state index in [0.717, 1.165) is 11.0 Å². The first kappa shape index (κ1) is 45.1. The number of hydrogen-bond acceptors (Lipinski definition) is 6. The zero-order chi connectivity index (χ0) is 38.6. The fourth-order valence-corrected chi connectivity index (χ4v) is 26.2. The van der Waals surface area contributed by atoms with Gasteiger partial charge >= 0.3 is 332 Å². The minimum atomic E-state index is -2.25. The van der Waals surface area contributed by atoms with Crippen LogP contribution < -0.4 is 5.79 Å². The second kappa shape index (κ2) is 22.4. The average Bonchev–Trinajstić information content (AvgIpc) is 3.92. The number of thiophene rings is 2. The first-order chi connectivity index (χ1) is 26.0. The Kier molecular flexibility index (Phi) is 18.7. The van der Waals surface area contributed by atoms with Gasteiger partial charge < -0.3 is 0 Å². The molecule has 0 amide bonds. The topological polar surface area (TPSA) is 25.8 Å².